The van der Waals surface area contributed by atoms with E-state index in [2.05, 4.69) is 23.3 Å². The molecule has 1 aliphatic rings. The number of pyridine rings is 1. The van der Waals surface area contributed by atoms with Crippen molar-refractivity contribution in [3.8, 4) is 16.9 Å². The van der Waals surface area contributed by atoms with Gasteiger partial charge in [-0.1, -0.05) is 36.2 Å². The molecule has 1 fully saturated rings. The van der Waals surface area contributed by atoms with Gasteiger partial charge in [-0.2, -0.15) is 0 Å². The van der Waals surface area contributed by atoms with Gasteiger partial charge in [0.05, 0.1) is 15.6 Å². The normalized spacial score (nSPS) is 19.4. The van der Waals surface area contributed by atoms with Crippen LogP contribution in [0.2, 0.25) is 10.0 Å². The van der Waals surface area contributed by atoms with E-state index in [0.717, 1.165) is 59.8 Å². The van der Waals surface area contributed by atoms with Crippen LogP contribution >= 0.6 is 23.2 Å². The minimum absolute atomic E-state index is 0.0920. The number of anilines is 1. The number of fused-ring (bicyclic) bond motifs is 1. The van der Waals surface area contributed by atoms with Crippen LogP contribution < -0.4 is 11.1 Å². The largest absolute Gasteiger partial charge is 0.505 e. The quantitative estimate of drug-likeness (QED) is 0.464. The fraction of sp³-hybridized carbons (Fsp3) is 0.348. The van der Waals surface area contributed by atoms with Crippen LogP contribution in [0.1, 0.15) is 38.2 Å². The fourth-order valence-corrected chi connectivity index (χ4v) is 4.54. The Kier molecular flexibility index (Phi) is 5.86. The van der Waals surface area contributed by atoms with Gasteiger partial charge in [0.1, 0.15) is 0 Å². The molecule has 0 bridgehead atoms. The van der Waals surface area contributed by atoms with Crippen molar-refractivity contribution >= 4 is 39.8 Å². The molecule has 6 heteroatoms. The molecule has 0 amide bonds. The van der Waals surface area contributed by atoms with Gasteiger partial charge in [-0.05, 0) is 73.1 Å². The molecule has 29 heavy (non-hydrogen) atoms. The Morgan fingerprint density at radius 2 is 1.76 bits per heavy atom. The number of hydrogen-bond donors (Lipinski definition) is 3. The van der Waals surface area contributed by atoms with Crippen LogP contribution in [0.3, 0.4) is 0 Å². The number of phenolic OH excluding ortho intramolecular Hbond substituents is 1. The molecule has 152 valence electrons. The van der Waals surface area contributed by atoms with Gasteiger partial charge in [0.2, 0.25) is 0 Å². The SMILES string of the molecule is CCc1cnc2ccc(-c3cc(Cl)c(O)c(Cl)c3)cc2c1NC1CCC(N)CC1. The van der Waals surface area contributed by atoms with E-state index in [4.69, 9.17) is 28.9 Å². The van der Waals surface area contributed by atoms with Gasteiger partial charge in [0.15, 0.2) is 5.75 Å². The van der Waals surface area contributed by atoms with Crippen molar-refractivity contribution in [3.05, 3.63) is 52.1 Å². The number of hydrogen-bond acceptors (Lipinski definition) is 4. The van der Waals surface area contributed by atoms with Crippen LogP contribution in [0.15, 0.2) is 36.5 Å². The second-order valence-electron chi connectivity index (χ2n) is 7.79. The van der Waals surface area contributed by atoms with Crippen molar-refractivity contribution in [3.63, 3.8) is 0 Å². The fourth-order valence-electron chi connectivity index (χ4n) is 4.05. The number of aromatic nitrogens is 1. The van der Waals surface area contributed by atoms with E-state index in [1.54, 1.807) is 12.1 Å². The zero-order valence-electron chi connectivity index (χ0n) is 16.4. The summed E-state index contributed by atoms with van der Waals surface area (Å²) in [5.74, 6) is -0.0920. The average molecular weight is 430 g/mol. The highest BCUT2D eigenvalue weighted by molar-refractivity contribution is 6.37. The highest BCUT2D eigenvalue weighted by atomic mass is 35.5. The van der Waals surface area contributed by atoms with Crippen LogP contribution in [0.4, 0.5) is 5.69 Å². The van der Waals surface area contributed by atoms with Gasteiger partial charge in [-0.15, -0.1) is 0 Å². The van der Waals surface area contributed by atoms with Crippen molar-refractivity contribution < 1.29 is 5.11 Å². The van der Waals surface area contributed by atoms with E-state index in [1.165, 1.54) is 5.56 Å². The Bertz CT molecular complexity index is 1020. The van der Waals surface area contributed by atoms with Gasteiger partial charge >= 0.3 is 0 Å². The first-order valence-electron chi connectivity index (χ1n) is 10.1. The molecule has 4 rings (SSSR count). The third-order valence-electron chi connectivity index (χ3n) is 5.80. The minimum Gasteiger partial charge on any atom is -0.505 e. The number of aromatic hydroxyl groups is 1. The first-order chi connectivity index (χ1) is 14.0. The number of nitrogens with one attached hydrogen (secondary N) is 1. The van der Waals surface area contributed by atoms with Crippen LogP contribution in [0.5, 0.6) is 5.75 Å². The van der Waals surface area contributed by atoms with Crippen molar-refractivity contribution in [2.75, 3.05) is 5.32 Å². The molecule has 3 aromatic rings. The summed E-state index contributed by atoms with van der Waals surface area (Å²) in [7, 11) is 0. The van der Waals surface area contributed by atoms with E-state index >= 15 is 0 Å². The Labute approximate surface area is 181 Å². The summed E-state index contributed by atoms with van der Waals surface area (Å²) in [6, 6.07) is 10.4. The van der Waals surface area contributed by atoms with E-state index in [9.17, 15) is 5.11 Å². The number of rotatable bonds is 4. The second kappa shape index (κ2) is 8.39. The second-order valence-corrected chi connectivity index (χ2v) is 8.60. The lowest BCUT2D eigenvalue weighted by molar-refractivity contribution is 0.411. The monoisotopic (exact) mass is 429 g/mol. The Balaban J connectivity index is 1.78. The predicted molar refractivity (Wildman–Crippen MR) is 122 cm³/mol. The molecular weight excluding hydrogens is 405 g/mol. The number of nitrogens with two attached hydrogens (primary N) is 1. The average Bonchev–Trinajstić information content (AvgIpc) is 2.73. The third-order valence-corrected chi connectivity index (χ3v) is 6.37. The maximum absolute atomic E-state index is 9.87. The van der Waals surface area contributed by atoms with Crippen LogP contribution in [-0.2, 0) is 6.42 Å². The van der Waals surface area contributed by atoms with Crippen LogP contribution in [0.25, 0.3) is 22.0 Å². The lowest BCUT2D eigenvalue weighted by atomic mass is 9.91. The van der Waals surface area contributed by atoms with Gasteiger partial charge < -0.3 is 16.2 Å². The molecule has 1 saturated carbocycles. The molecule has 1 aliphatic carbocycles. The zero-order valence-corrected chi connectivity index (χ0v) is 17.9. The van der Waals surface area contributed by atoms with Crippen molar-refractivity contribution in [2.45, 2.75) is 51.1 Å². The molecule has 0 saturated heterocycles. The van der Waals surface area contributed by atoms with Crippen molar-refractivity contribution in [2.24, 2.45) is 5.73 Å². The summed E-state index contributed by atoms with van der Waals surface area (Å²) in [5.41, 5.74) is 11.2. The maximum Gasteiger partial charge on any atom is 0.152 e. The molecule has 0 spiro atoms. The molecule has 4 N–H and O–H groups in total. The maximum atomic E-state index is 9.87. The summed E-state index contributed by atoms with van der Waals surface area (Å²) >= 11 is 12.3. The summed E-state index contributed by atoms with van der Waals surface area (Å²) in [4.78, 5) is 4.65. The molecule has 0 unspecified atom stereocenters. The first kappa shape index (κ1) is 20.3. The molecule has 0 atom stereocenters. The predicted octanol–water partition coefficient (Wildman–Crippen LogP) is 6.16. The Hall–Kier alpha value is -2.01. The molecule has 0 aliphatic heterocycles. The lowest BCUT2D eigenvalue weighted by Crippen LogP contribution is -2.33. The molecule has 1 heterocycles. The van der Waals surface area contributed by atoms with Crippen molar-refractivity contribution in [1.82, 2.24) is 4.98 Å². The van der Waals surface area contributed by atoms with E-state index in [0.29, 0.717) is 12.1 Å². The zero-order chi connectivity index (χ0) is 20.5. The van der Waals surface area contributed by atoms with Gasteiger partial charge in [-0.3, -0.25) is 4.98 Å². The number of phenols is 1. The molecule has 0 radical (unpaired) electrons. The molecule has 4 nitrogen and oxygen atoms in total. The van der Waals surface area contributed by atoms with E-state index < -0.39 is 0 Å². The van der Waals surface area contributed by atoms with Crippen LogP contribution in [-0.4, -0.2) is 22.2 Å². The third kappa shape index (κ3) is 4.16. The standard InChI is InChI=1S/C23H25Cl2N3O/c1-2-13-12-27-21-8-3-14(15-10-19(24)23(29)20(25)11-15)9-18(21)22(13)28-17-6-4-16(26)5-7-17/h3,8-12,16-17,29H,2,4-7,26H2,1H3,(H,27,28). The van der Waals surface area contributed by atoms with E-state index in [-0.39, 0.29) is 15.8 Å². The van der Waals surface area contributed by atoms with Crippen LogP contribution in [0, 0.1) is 0 Å². The summed E-state index contributed by atoms with van der Waals surface area (Å²) in [6.45, 7) is 2.15. The molecule has 1 aromatic heterocycles. The van der Waals surface area contributed by atoms with Crippen molar-refractivity contribution in [1.29, 1.82) is 0 Å². The first-order valence-corrected chi connectivity index (χ1v) is 10.8. The lowest BCUT2D eigenvalue weighted by Gasteiger charge is -2.29. The Morgan fingerprint density at radius 3 is 2.41 bits per heavy atom. The molecular formula is C23H25Cl2N3O. The topological polar surface area (TPSA) is 71.2 Å². The minimum atomic E-state index is -0.0920. The number of halogens is 2. The number of benzene rings is 2. The summed E-state index contributed by atoms with van der Waals surface area (Å²) in [5, 5.41) is 15.2. The number of aryl methyl sites for hydroxylation is 1. The smallest absolute Gasteiger partial charge is 0.152 e. The highest BCUT2D eigenvalue weighted by Crippen LogP contribution is 2.38. The highest BCUT2D eigenvalue weighted by Gasteiger charge is 2.20. The van der Waals surface area contributed by atoms with Gasteiger partial charge in [0.25, 0.3) is 0 Å². The number of nitrogens with zero attached hydrogens (tertiary/aromatic N) is 1. The summed E-state index contributed by atoms with van der Waals surface area (Å²) in [6.07, 6.45) is 7.13. The van der Waals surface area contributed by atoms with E-state index in [1.807, 2.05) is 18.3 Å². The molecule has 2 aromatic carbocycles. The summed E-state index contributed by atoms with van der Waals surface area (Å²) < 4.78 is 0. The van der Waals surface area contributed by atoms with Gasteiger partial charge in [-0.25, -0.2) is 0 Å². The van der Waals surface area contributed by atoms with Gasteiger partial charge in [0, 0.05) is 29.4 Å². The Morgan fingerprint density at radius 1 is 1.07 bits per heavy atom.